The molecule has 2 aliphatic rings. The Balaban J connectivity index is 1.55. The topological polar surface area (TPSA) is 73.6 Å². The van der Waals surface area contributed by atoms with Crippen LogP contribution in [0.1, 0.15) is 36.7 Å². The lowest BCUT2D eigenvalue weighted by Gasteiger charge is -2.39. The average molecular weight is 438 g/mol. The lowest BCUT2D eigenvalue weighted by molar-refractivity contribution is -0.0589. The second-order valence-electron chi connectivity index (χ2n) is 8.24. The molecule has 0 bridgehead atoms. The zero-order valence-corrected chi connectivity index (χ0v) is 18.4. The molecular formula is C23H24ClN5O2. The van der Waals surface area contributed by atoms with Gasteiger partial charge in [-0.2, -0.15) is 0 Å². The van der Waals surface area contributed by atoms with Crippen LogP contribution >= 0.6 is 11.6 Å². The number of halogens is 1. The van der Waals surface area contributed by atoms with Gasteiger partial charge < -0.3 is 9.30 Å². The number of aryl methyl sites for hydroxylation is 1. The summed E-state index contributed by atoms with van der Waals surface area (Å²) in [5.41, 5.74) is 5.92. The Hall–Kier alpha value is -2.90. The first-order chi connectivity index (χ1) is 15.0. The summed E-state index contributed by atoms with van der Waals surface area (Å²) in [6.45, 7) is 4.05. The summed E-state index contributed by atoms with van der Waals surface area (Å²) in [5, 5.41) is 0.700. The van der Waals surface area contributed by atoms with E-state index in [4.69, 9.17) is 31.2 Å². The number of ether oxygens (including phenoxy) is 1. The van der Waals surface area contributed by atoms with E-state index in [1.54, 1.807) is 13.4 Å². The molecule has 1 fully saturated rings. The molecule has 8 heteroatoms. The molecule has 1 N–H and O–H groups in total. The minimum absolute atomic E-state index is 0.0625. The third kappa shape index (κ3) is 3.68. The summed E-state index contributed by atoms with van der Waals surface area (Å²) in [6.07, 6.45) is 5.90. The number of hydroxylamine groups is 1. The number of nitrogens with one attached hydrogen (secondary N) is 1. The minimum atomic E-state index is -0.554. The first kappa shape index (κ1) is 20.0. The molecule has 1 saturated carbocycles. The number of aromatic nitrogens is 3. The van der Waals surface area contributed by atoms with Crippen LogP contribution in [0, 0.1) is 12.8 Å². The van der Waals surface area contributed by atoms with Crippen LogP contribution in [-0.4, -0.2) is 33.6 Å². The van der Waals surface area contributed by atoms with E-state index in [9.17, 15) is 0 Å². The second kappa shape index (κ2) is 7.66. The Labute approximate surface area is 186 Å². The Bertz CT molecular complexity index is 1140. The van der Waals surface area contributed by atoms with Gasteiger partial charge in [-0.25, -0.2) is 15.4 Å². The Morgan fingerprint density at radius 2 is 1.97 bits per heavy atom. The van der Waals surface area contributed by atoms with Crippen LogP contribution in [0.15, 0.2) is 53.9 Å². The fourth-order valence-corrected chi connectivity index (χ4v) is 4.22. The van der Waals surface area contributed by atoms with Crippen molar-refractivity contribution >= 4 is 17.4 Å². The fourth-order valence-electron chi connectivity index (χ4n) is 4.10. The third-order valence-corrected chi connectivity index (χ3v) is 6.18. The highest BCUT2D eigenvalue weighted by Gasteiger charge is 2.49. The molecule has 0 amide bonds. The highest BCUT2D eigenvalue weighted by molar-refractivity contribution is 6.30. The van der Waals surface area contributed by atoms with Crippen molar-refractivity contribution in [3.63, 3.8) is 0 Å². The van der Waals surface area contributed by atoms with Gasteiger partial charge in [0, 0.05) is 11.2 Å². The molecule has 0 saturated heterocycles. The molecule has 31 heavy (non-hydrogen) atoms. The monoisotopic (exact) mass is 437 g/mol. The van der Waals surface area contributed by atoms with Gasteiger partial charge in [0.05, 0.1) is 19.1 Å². The van der Waals surface area contributed by atoms with Crippen LogP contribution in [0.3, 0.4) is 0 Å². The summed E-state index contributed by atoms with van der Waals surface area (Å²) in [4.78, 5) is 20.2. The number of benzene rings is 1. The second-order valence-corrected chi connectivity index (χ2v) is 8.68. The predicted octanol–water partition coefficient (Wildman–Crippen LogP) is 4.21. The standard InChI is InChI=1S/C23H24ClN5O2/c1-14-12-29(13-25-14)19-11-10-18(26-22(19)30-3)21-27-23(2,16-6-8-17(24)9-7-16)20(31-28-21)15-4-5-15/h6-13,15,20H,4-5H2,1-3H3,(H,27,28)/t20-,23-/m0/s1. The number of hydrogen-bond acceptors (Lipinski definition) is 6. The maximum atomic E-state index is 6.15. The molecule has 0 spiro atoms. The molecule has 7 nitrogen and oxygen atoms in total. The Morgan fingerprint density at radius 1 is 1.19 bits per heavy atom. The molecule has 1 aromatic carbocycles. The quantitative estimate of drug-likeness (QED) is 0.647. The molecule has 5 rings (SSSR count). The largest absolute Gasteiger partial charge is 0.479 e. The number of aliphatic imine (C=N–C) groups is 1. The van der Waals surface area contributed by atoms with Crippen molar-refractivity contribution in [3.05, 3.63) is 70.9 Å². The first-order valence-electron chi connectivity index (χ1n) is 10.3. The highest BCUT2D eigenvalue weighted by Crippen LogP contribution is 2.46. The minimum Gasteiger partial charge on any atom is -0.479 e. The Morgan fingerprint density at radius 3 is 2.61 bits per heavy atom. The van der Waals surface area contributed by atoms with Gasteiger partial charge in [0.1, 0.15) is 23.0 Å². The Kier molecular flexibility index (Phi) is 4.95. The van der Waals surface area contributed by atoms with Crippen LogP contribution < -0.4 is 10.2 Å². The summed E-state index contributed by atoms with van der Waals surface area (Å²) >= 11 is 6.12. The third-order valence-electron chi connectivity index (χ3n) is 5.93. The summed E-state index contributed by atoms with van der Waals surface area (Å²) in [5.74, 6) is 1.53. The molecule has 2 aromatic heterocycles. The lowest BCUT2D eigenvalue weighted by atomic mass is 9.84. The van der Waals surface area contributed by atoms with Crippen molar-refractivity contribution in [2.75, 3.05) is 7.11 Å². The average Bonchev–Trinajstić information content (AvgIpc) is 3.53. The molecule has 0 unspecified atom stereocenters. The molecule has 0 radical (unpaired) electrons. The van der Waals surface area contributed by atoms with Crippen molar-refractivity contribution in [2.24, 2.45) is 10.9 Å². The van der Waals surface area contributed by atoms with Crippen molar-refractivity contribution in [3.8, 4) is 11.6 Å². The number of rotatable bonds is 5. The van der Waals surface area contributed by atoms with Crippen LogP contribution in [0.2, 0.25) is 5.02 Å². The van der Waals surface area contributed by atoms with E-state index in [-0.39, 0.29) is 6.10 Å². The van der Waals surface area contributed by atoms with Crippen molar-refractivity contribution in [2.45, 2.75) is 38.3 Å². The summed E-state index contributed by atoms with van der Waals surface area (Å²) in [6, 6.07) is 11.7. The zero-order valence-electron chi connectivity index (χ0n) is 17.7. The maximum Gasteiger partial charge on any atom is 0.238 e. The van der Waals surface area contributed by atoms with Crippen molar-refractivity contribution in [1.29, 1.82) is 0 Å². The molecule has 3 heterocycles. The molecule has 3 aromatic rings. The number of amidine groups is 1. The van der Waals surface area contributed by atoms with Crippen LogP contribution in [-0.2, 0) is 10.4 Å². The summed E-state index contributed by atoms with van der Waals surface area (Å²) in [7, 11) is 1.60. The predicted molar refractivity (Wildman–Crippen MR) is 119 cm³/mol. The van der Waals surface area contributed by atoms with Crippen LogP contribution in [0.4, 0.5) is 0 Å². The van der Waals surface area contributed by atoms with E-state index < -0.39 is 5.54 Å². The number of pyridine rings is 1. The van der Waals surface area contributed by atoms with Gasteiger partial charge in [0.25, 0.3) is 0 Å². The SMILES string of the molecule is COc1nc(C2=N[C@@](C)(c3ccc(Cl)cc3)[C@H](C3CC3)ON2)ccc1-n1cnc(C)c1. The number of methoxy groups -OCH3 is 1. The van der Waals surface area contributed by atoms with E-state index in [0.717, 1.165) is 29.8 Å². The first-order valence-corrected chi connectivity index (χ1v) is 10.7. The molecular weight excluding hydrogens is 414 g/mol. The van der Waals surface area contributed by atoms with E-state index in [2.05, 4.69) is 17.4 Å². The van der Waals surface area contributed by atoms with Gasteiger partial charge in [0.2, 0.25) is 5.88 Å². The van der Waals surface area contributed by atoms with Gasteiger partial charge in [-0.3, -0.25) is 9.83 Å². The van der Waals surface area contributed by atoms with E-state index in [0.29, 0.717) is 28.4 Å². The smallest absolute Gasteiger partial charge is 0.238 e. The highest BCUT2D eigenvalue weighted by atomic mass is 35.5. The van der Waals surface area contributed by atoms with Crippen molar-refractivity contribution < 1.29 is 9.57 Å². The van der Waals surface area contributed by atoms with Gasteiger partial charge in [-0.15, -0.1) is 0 Å². The molecule has 160 valence electrons. The normalized spacial score (nSPS) is 23.2. The van der Waals surface area contributed by atoms with Crippen LogP contribution in [0.5, 0.6) is 5.88 Å². The van der Waals surface area contributed by atoms with E-state index in [1.807, 2.05) is 54.1 Å². The molecule has 1 aliphatic heterocycles. The number of imidazole rings is 1. The van der Waals surface area contributed by atoms with E-state index in [1.165, 1.54) is 0 Å². The zero-order chi connectivity index (χ0) is 21.6. The maximum absolute atomic E-state index is 6.15. The fraction of sp³-hybridized carbons (Fsp3) is 0.348. The molecule has 2 atom stereocenters. The van der Waals surface area contributed by atoms with Gasteiger partial charge in [0.15, 0.2) is 5.84 Å². The lowest BCUT2D eigenvalue weighted by Crippen LogP contribution is -2.49. The summed E-state index contributed by atoms with van der Waals surface area (Å²) < 4.78 is 7.45. The van der Waals surface area contributed by atoms with Gasteiger partial charge in [-0.1, -0.05) is 23.7 Å². The van der Waals surface area contributed by atoms with Gasteiger partial charge >= 0.3 is 0 Å². The molecule has 1 aliphatic carbocycles. The van der Waals surface area contributed by atoms with Gasteiger partial charge in [-0.05, 0) is 62.4 Å². The number of hydrogen-bond donors (Lipinski definition) is 1. The van der Waals surface area contributed by atoms with Crippen molar-refractivity contribution in [1.82, 2.24) is 20.0 Å². The van der Waals surface area contributed by atoms with Crippen LogP contribution in [0.25, 0.3) is 5.69 Å². The van der Waals surface area contributed by atoms with E-state index >= 15 is 0 Å². The number of nitrogens with zero attached hydrogens (tertiary/aromatic N) is 4.